The van der Waals surface area contributed by atoms with Gasteiger partial charge in [-0.25, -0.2) is 0 Å². The lowest BCUT2D eigenvalue weighted by molar-refractivity contribution is -0.162. The maximum atomic E-state index is 13.7. The lowest BCUT2D eigenvalue weighted by Crippen LogP contribution is -2.73. The summed E-state index contributed by atoms with van der Waals surface area (Å²) in [5.41, 5.74) is 1.91. The minimum absolute atomic E-state index is 0. The van der Waals surface area contributed by atoms with Crippen LogP contribution in [0.25, 0.3) is 0 Å². The number of carbonyl (C=O) groups excluding carboxylic acids is 2. The molecule has 1 atom stereocenters. The third kappa shape index (κ3) is 7.37. The van der Waals surface area contributed by atoms with Gasteiger partial charge in [-0.15, -0.1) is 24.8 Å². The first kappa shape index (κ1) is 32.7. The van der Waals surface area contributed by atoms with Crippen molar-refractivity contribution in [2.24, 2.45) is 5.92 Å². The van der Waals surface area contributed by atoms with Gasteiger partial charge in [0.1, 0.15) is 11.6 Å². The Morgan fingerprint density at radius 2 is 1.58 bits per heavy atom. The lowest BCUT2D eigenvalue weighted by atomic mass is 9.79. The van der Waals surface area contributed by atoms with E-state index in [9.17, 15) is 9.59 Å². The molecular formula is C30H50Cl2N4O2. The van der Waals surface area contributed by atoms with E-state index in [0.717, 1.165) is 64.8 Å². The molecule has 2 amide bonds. The summed E-state index contributed by atoms with van der Waals surface area (Å²) in [6.45, 7) is 11.9. The van der Waals surface area contributed by atoms with Crippen molar-refractivity contribution in [2.75, 3.05) is 37.6 Å². The van der Waals surface area contributed by atoms with Gasteiger partial charge in [-0.2, -0.15) is 0 Å². The zero-order chi connectivity index (χ0) is 25.5. The van der Waals surface area contributed by atoms with Crippen molar-refractivity contribution < 1.29 is 9.59 Å². The van der Waals surface area contributed by atoms with Gasteiger partial charge in [0.15, 0.2) is 0 Å². The molecule has 6 nitrogen and oxygen atoms in total. The number of anilines is 1. The van der Waals surface area contributed by atoms with Crippen LogP contribution in [0.2, 0.25) is 0 Å². The molecule has 1 saturated carbocycles. The van der Waals surface area contributed by atoms with Gasteiger partial charge in [-0.05, 0) is 63.1 Å². The van der Waals surface area contributed by atoms with Crippen LogP contribution in [0, 0.1) is 5.92 Å². The Bertz CT molecular complexity index is 864. The standard InChI is InChI=1S/C30H48N4O2.2ClH/c1-4-7-19-34-28(35)27(22-24-11-9-8-10-12-24)31-29(36)30(34)17-20-32(21-18-30)23-25-13-15-26(16-14-25)33(5-2)6-3;;/h13-16,24,27H,4-12,17-23H2,1-3H3,(H,31,36);2*1H. The number of nitrogens with one attached hydrogen (secondary N) is 1. The Labute approximate surface area is 243 Å². The van der Waals surface area contributed by atoms with Crippen molar-refractivity contribution in [2.45, 2.75) is 103 Å². The number of hydrogen-bond donors (Lipinski definition) is 1. The Kier molecular flexibility index (Phi) is 13.2. The zero-order valence-corrected chi connectivity index (χ0v) is 25.4. The van der Waals surface area contributed by atoms with Crippen LogP contribution < -0.4 is 10.2 Å². The van der Waals surface area contributed by atoms with Gasteiger partial charge in [0, 0.05) is 45.0 Å². The molecule has 1 unspecified atom stereocenters. The molecule has 1 aliphatic carbocycles. The van der Waals surface area contributed by atoms with E-state index in [0.29, 0.717) is 12.5 Å². The molecule has 0 aromatic heterocycles. The van der Waals surface area contributed by atoms with Crippen molar-refractivity contribution >= 4 is 42.3 Å². The number of halogens is 2. The SMILES string of the molecule is CCCCN1C(=O)C(CC2CCCCC2)NC(=O)C12CCN(Cc1ccc(N(CC)CC)cc1)CC2.Cl.Cl. The fourth-order valence-electron chi connectivity index (χ4n) is 6.67. The number of piperazine rings is 1. The second-order valence-electron chi connectivity index (χ2n) is 11.3. The highest BCUT2D eigenvalue weighted by atomic mass is 35.5. The van der Waals surface area contributed by atoms with Crippen molar-refractivity contribution in [3.05, 3.63) is 29.8 Å². The van der Waals surface area contributed by atoms with Gasteiger partial charge in [-0.1, -0.05) is 57.6 Å². The summed E-state index contributed by atoms with van der Waals surface area (Å²) in [5, 5.41) is 3.22. The number of likely N-dealkylation sites (tertiary alicyclic amines) is 1. The fourth-order valence-corrected chi connectivity index (χ4v) is 6.67. The monoisotopic (exact) mass is 568 g/mol. The number of carbonyl (C=O) groups is 2. The van der Waals surface area contributed by atoms with Gasteiger partial charge in [0.25, 0.3) is 0 Å². The van der Waals surface area contributed by atoms with Gasteiger partial charge >= 0.3 is 0 Å². The van der Waals surface area contributed by atoms with Gasteiger partial charge < -0.3 is 15.1 Å². The fraction of sp³-hybridized carbons (Fsp3) is 0.733. The molecule has 2 heterocycles. The number of amides is 2. The van der Waals surface area contributed by atoms with Crippen molar-refractivity contribution in [3.8, 4) is 0 Å². The molecule has 3 fully saturated rings. The highest BCUT2D eigenvalue weighted by molar-refractivity contribution is 6.00. The highest BCUT2D eigenvalue weighted by Crippen LogP contribution is 2.36. The Hall–Kier alpha value is -1.50. The molecule has 38 heavy (non-hydrogen) atoms. The Morgan fingerprint density at radius 3 is 2.16 bits per heavy atom. The molecule has 3 aliphatic rings. The quantitative estimate of drug-likeness (QED) is 0.387. The van der Waals surface area contributed by atoms with Crippen LogP contribution in [-0.2, 0) is 16.1 Å². The van der Waals surface area contributed by atoms with E-state index in [4.69, 9.17) is 0 Å². The molecule has 1 aromatic rings. The van der Waals surface area contributed by atoms with E-state index in [1.807, 2.05) is 4.90 Å². The summed E-state index contributed by atoms with van der Waals surface area (Å²) < 4.78 is 0. The molecule has 0 bridgehead atoms. The maximum Gasteiger partial charge on any atom is 0.246 e. The number of nitrogens with zero attached hydrogens (tertiary/aromatic N) is 3. The average Bonchev–Trinajstić information content (AvgIpc) is 2.91. The van der Waals surface area contributed by atoms with Gasteiger partial charge in [0.2, 0.25) is 11.8 Å². The first-order chi connectivity index (χ1) is 17.5. The highest BCUT2D eigenvalue weighted by Gasteiger charge is 2.53. The number of unbranched alkanes of at least 4 members (excludes halogenated alkanes) is 1. The molecule has 8 heteroatoms. The van der Waals surface area contributed by atoms with Crippen LogP contribution in [0.3, 0.4) is 0 Å². The number of hydrogen-bond acceptors (Lipinski definition) is 4. The third-order valence-electron chi connectivity index (χ3n) is 8.99. The van der Waals surface area contributed by atoms with E-state index < -0.39 is 5.54 Å². The minimum atomic E-state index is -0.668. The zero-order valence-electron chi connectivity index (χ0n) is 23.8. The van der Waals surface area contributed by atoms with E-state index >= 15 is 0 Å². The average molecular weight is 570 g/mol. The Balaban J connectivity index is 0.00000253. The molecule has 2 aliphatic heterocycles. The summed E-state index contributed by atoms with van der Waals surface area (Å²) in [6, 6.07) is 8.58. The van der Waals surface area contributed by atoms with E-state index in [1.54, 1.807) is 0 Å². The molecule has 0 radical (unpaired) electrons. The lowest BCUT2D eigenvalue weighted by Gasteiger charge is -2.52. The van der Waals surface area contributed by atoms with Crippen molar-refractivity contribution in [3.63, 3.8) is 0 Å². The molecule has 1 N–H and O–H groups in total. The van der Waals surface area contributed by atoms with Crippen LogP contribution in [0.5, 0.6) is 0 Å². The predicted octanol–water partition coefficient (Wildman–Crippen LogP) is 5.81. The number of benzene rings is 1. The summed E-state index contributed by atoms with van der Waals surface area (Å²) in [7, 11) is 0. The summed E-state index contributed by atoms with van der Waals surface area (Å²) in [5.74, 6) is 0.848. The molecule has 1 aromatic carbocycles. The van der Waals surface area contributed by atoms with Gasteiger partial charge in [0.05, 0.1) is 0 Å². The predicted molar refractivity (Wildman–Crippen MR) is 161 cm³/mol. The van der Waals surface area contributed by atoms with Crippen LogP contribution in [-0.4, -0.2) is 65.9 Å². The van der Waals surface area contributed by atoms with Crippen LogP contribution >= 0.6 is 24.8 Å². The normalized spacial score (nSPS) is 22.0. The molecule has 4 rings (SSSR count). The number of rotatable bonds is 10. The Morgan fingerprint density at radius 1 is 0.947 bits per heavy atom. The number of piperidine rings is 1. The second-order valence-corrected chi connectivity index (χ2v) is 11.3. The molecule has 1 spiro atoms. The van der Waals surface area contributed by atoms with Gasteiger partial charge in [-0.3, -0.25) is 14.5 Å². The smallest absolute Gasteiger partial charge is 0.246 e. The largest absolute Gasteiger partial charge is 0.372 e. The third-order valence-corrected chi connectivity index (χ3v) is 8.99. The first-order valence-electron chi connectivity index (χ1n) is 14.7. The second kappa shape index (κ2) is 15.3. The van der Waals surface area contributed by atoms with Crippen LogP contribution in [0.1, 0.15) is 90.5 Å². The van der Waals surface area contributed by atoms with Crippen molar-refractivity contribution in [1.29, 1.82) is 0 Å². The van der Waals surface area contributed by atoms with Crippen molar-refractivity contribution in [1.82, 2.24) is 15.1 Å². The first-order valence-corrected chi connectivity index (χ1v) is 14.7. The maximum absolute atomic E-state index is 13.7. The minimum Gasteiger partial charge on any atom is -0.372 e. The molecular weight excluding hydrogens is 519 g/mol. The summed E-state index contributed by atoms with van der Waals surface area (Å²) in [6.07, 6.45) is 10.5. The topological polar surface area (TPSA) is 55.9 Å². The molecule has 216 valence electrons. The summed E-state index contributed by atoms with van der Waals surface area (Å²) >= 11 is 0. The van der Waals surface area contributed by atoms with E-state index in [2.05, 4.69) is 60.2 Å². The van der Waals surface area contributed by atoms with Crippen LogP contribution in [0.4, 0.5) is 5.69 Å². The van der Waals surface area contributed by atoms with E-state index in [-0.39, 0.29) is 42.7 Å². The van der Waals surface area contributed by atoms with Crippen LogP contribution in [0.15, 0.2) is 24.3 Å². The summed E-state index contributed by atoms with van der Waals surface area (Å²) in [4.78, 5) is 34.2. The van der Waals surface area contributed by atoms with E-state index in [1.165, 1.54) is 43.4 Å². The molecule has 2 saturated heterocycles.